The highest BCUT2D eigenvalue weighted by atomic mass is 32.1. The first-order valence-corrected chi connectivity index (χ1v) is 6.80. The van der Waals surface area contributed by atoms with Crippen LogP contribution in [0.25, 0.3) is 0 Å². The van der Waals surface area contributed by atoms with Crippen molar-refractivity contribution in [2.45, 2.75) is 6.54 Å². The minimum atomic E-state index is 0.683. The summed E-state index contributed by atoms with van der Waals surface area (Å²) < 4.78 is 5.20. The molecule has 104 valence electrons. The lowest BCUT2D eigenvalue weighted by Gasteiger charge is -2.21. The van der Waals surface area contributed by atoms with Crippen LogP contribution in [0, 0.1) is 0 Å². The van der Waals surface area contributed by atoms with Crippen molar-refractivity contribution in [1.29, 1.82) is 0 Å². The topological polar surface area (TPSA) is 24.5 Å². The van der Waals surface area contributed by atoms with Crippen LogP contribution in [-0.2, 0) is 6.54 Å². The smallest absolute Gasteiger partial charge is 0.173 e. The van der Waals surface area contributed by atoms with E-state index >= 15 is 0 Å². The number of thiocarbonyl (C=S) groups is 1. The van der Waals surface area contributed by atoms with E-state index in [1.165, 1.54) is 5.56 Å². The SMILES string of the molecule is COc1cccc(NC(=S)N(C)Cc2ccccc2)c1. The van der Waals surface area contributed by atoms with E-state index in [1.54, 1.807) is 7.11 Å². The van der Waals surface area contributed by atoms with E-state index in [0.29, 0.717) is 5.11 Å². The Morgan fingerprint density at radius 1 is 1.15 bits per heavy atom. The molecule has 0 aliphatic carbocycles. The van der Waals surface area contributed by atoms with Gasteiger partial charge in [-0.25, -0.2) is 0 Å². The minimum Gasteiger partial charge on any atom is -0.497 e. The molecular weight excluding hydrogens is 268 g/mol. The highest BCUT2D eigenvalue weighted by molar-refractivity contribution is 7.80. The van der Waals surface area contributed by atoms with Crippen LogP contribution in [0.2, 0.25) is 0 Å². The molecule has 0 unspecified atom stereocenters. The van der Waals surface area contributed by atoms with Gasteiger partial charge in [0.1, 0.15) is 5.75 Å². The molecule has 0 aliphatic heterocycles. The fourth-order valence-electron chi connectivity index (χ4n) is 1.85. The van der Waals surface area contributed by atoms with E-state index in [0.717, 1.165) is 18.0 Å². The van der Waals surface area contributed by atoms with Crippen LogP contribution in [0.5, 0.6) is 5.75 Å². The molecule has 0 aromatic heterocycles. The van der Waals surface area contributed by atoms with Crippen molar-refractivity contribution in [3.05, 3.63) is 60.2 Å². The number of rotatable bonds is 4. The van der Waals surface area contributed by atoms with E-state index in [-0.39, 0.29) is 0 Å². The van der Waals surface area contributed by atoms with Crippen LogP contribution in [-0.4, -0.2) is 24.2 Å². The Morgan fingerprint density at radius 3 is 2.60 bits per heavy atom. The summed E-state index contributed by atoms with van der Waals surface area (Å²) in [4.78, 5) is 2.00. The zero-order chi connectivity index (χ0) is 14.4. The highest BCUT2D eigenvalue weighted by Crippen LogP contribution is 2.17. The van der Waals surface area contributed by atoms with Crippen molar-refractivity contribution in [1.82, 2.24) is 4.90 Å². The molecule has 2 rings (SSSR count). The Labute approximate surface area is 125 Å². The number of hydrogen-bond donors (Lipinski definition) is 1. The van der Waals surface area contributed by atoms with Gasteiger partial charge in [-0.05, 0) is 29.9 Å². The number of methoxy groups -OCH3 is 1. The second kappa shape index (κ2) is 6.91. The molecule has 0 spiro atoms. The Bertz CT molecular complexity index is 572. The molecule has 3 nitrogen and oxygen atoms in total. The van der Waals surface area contributed by atoms with Gasteiger partial charge >= 0.3 is 0 Å². The molecular formula is C16H18N2OS. The van der Waals surface area contributed by atoms with Gasteiger partial charge in [-0.3, -0.25) is 0 Å². The summed E-state index contributed by atoms with van der Waals surface area (Å²) in [6, 6.07) is 18.0. The van der Waals surface area contributed by atoms with Crippen LogP contribution in [0.1, 0.15) is 5.56 Å². The third-order valence-corrected chi connectivity index (χ3v) is 3.34. The summed E-state index contributed by atoms with van der Waals surface area (Å²) >= 11 is 5.41. The van der Waals surface area contributed by atoms with Crippen LogP contribution >= 0.6 is 12.2 Å². The first-order chi connectivity index (χ1) is 9.69. The maximum absolute atomic E-state index is 5.41. The van der Waals surface area contributed by atoms with Crippen LogP contribution in [0.15, 0.2) is 54.6 Å². The van der Waals surface area contributed by atoms with Crippen molar-refractivity contribution in [3.8, 4) is 5.75 Å². The lowest BCUT2D eigenvalue weighted by Crippen LogP contribution is -2.30. The third-order valence-electron chi connectivity index (χ3n) is 2.93. The summed E-state index contributed by atoms with van der Waals surface area (Å²) in [6.45, 7) is 0.774. The fourth-order valence-corrected chi connectivity index (χ4v) is 2.03. The predicted octanol–water partition coefficient (Wildman–Crippen LogP) is 3.52. The van der Waals surface area contributed by atoms with Crippen LogP contribution < -0.4 is 10.1 Å². The van der Waals surface area contributed by atoms with Crippen LogP contribution in [0.4, 0.5) is 5.69 Å². The lowest BCUT2D eigenvalue weighted by molar-refractivity contribution is 0.415. The molecule has 4 heteroatoms. The fraction of sp³-hybridized carbons (Fsp3) is 0.188. The molecule has 2 aromatic rings. The Morgan fingerprint density at radius 2 is 1.90 bits per heavy atom. The van der Waals surface area contributed by atoms with Gasteiger partial charge in [0.05, 0.1) is 7.11 Å². The van der Waals surface area contributed by atoms with Gasteiger partial charge < -0.3 is 15.0 Å². The summed E-state index contributed by atoms with van der Waals surface area (Å²) in [6.07, 6.45) is 0. The summed E-state index contributed by atoms with van der Waals surface area (Å²) in [5.74, 6) is 0.809. The van der Waals surface area contributed by atoms with Crippen LogP contribution in [0.3, 0.4) is 0 Å². The highest BCUT2D eigenvalue weighted by Gasteiger charge is 2.06. The number of anilines is 1. The van der Waals surface area contributed by atoms with Crippen molar-refractivity contribution >= 4 is 23.0 Å². The molecule has 0 aliphatic rings. The average Bonchev–Trinajstić information content (AvgIpc) is 2.48. The Balaban J connectivity index is 1.97. The molecule has 0 saturated heterocycles. The largest absolute Gasteiger partial charge is 0.497 e. The van der Waals surface area contributed by atoms with Gasteiger partial charge in [-0.15, -0.1) is 0 Å². The van der Waals surface area contributed by atoms with Gasteiger partial charge in [0.25, 0.3) is 0 Å². The van der Waals surface area contributed by atoms with E-state index in [2.05, 4.69) is 17.4 Å². The molecule has 0 atom stereocenters. The first-order valence-electron chi connectivity index (χ1n) is 6.39. The van der Waals surface area contributed by atoms with Crippen molar-refractivity contribution in [3.63, 3.8) is 0 Å². The molecule has 0 fully saturated rings. The lowest BCUT2D eigenvalue weighted by atomic mass is 10.2. The van der Waals surface area contributed by atoms with E-state index in [1.807, 2.05) is 54.4 Å². The van der Waals surface area contributed by atoms with Gasteiger partial charge in [-0.2, -0.15) is 0 Å². The quantitative estimate of drug-likeness (QED) is 0.869. The predicted molar refractivity (Wildman–Crippen MR) is 87.1 cm³/mol. The monoisotopic (exact) mass is 286 g/mol. The molecule has 0 heterocycles. The maximum atomic E-state index is 5.41. The number of nitrogens with one attached hydrogen (secondary N) is 1. The Kier molecular flexibility index (Phi) is 4.96. The number of nitrogens with zero attached hydrogens (tertiary/aromatic N) is 1. The number of benzene rings is 2. The van der Waals surface area contributed by atoms with Crippen molar-refractivity contribution in [2.24, 2.45) is 0 Å². The summed E-state index contributed by atoms with van der Waals surface area (Å²) in [7, 11) is 3.63. The third kappa shape index (κ3) is 3.96. The zero-order valence-electron chi connectivity index (χ0n) is 11.7. The number of hydrogen-bond acceptors (Lipinski definition) is 2. The second-order valence-corrected chi connectivity index (χ2v) is 4.89. The van der Waals surface area contributed by atoms with Gasteiger partial charge in [-0.1, -0.05) is 36.4 Å². The minimum absolute atomic E-state index is 0.683. The second-order valence-electron chi connectivity index (χ2n) is 4.50. The number of ether oxygens (including phenoxy) is 1. The van der Waals surface area contributed by atoms with Crippen molar-refractivity contribution in [2.75, 3.05) is 19.5 Å². The van der Waals surface area contributed by atoms with Gasteiger partial charge in [0.2, 0.25) is 0 Å². The van der Waals surface area contributed by atoms with Gasteiger partial charge in [0.15, 0.2) is 5.11 Å². The van der Waals surface area contributed by atoms with Gasteiger partial charge in [0, 0.05) is 25.3 Å². The van der Waals surface area contributed by atoms with E-state index < -0.39 is 0 Å². The van der Waals surface area contributed by atoms with E-state index in [4.69, 9.17) is 17.0 Å². The van der Waals surface area contributed by atoms with Crippen molar-refractivity contribution < 1.29 is 4.74 Å². The average molecular weight is 286 g/mol. The molecule has 0 saturated carbocycles. The molecule has 0 amide bonds. The molecule has 1 N–H and O–H groups in total. The first kappa shape index (κ1) is 14.3. The zero-order valence-corrected chi connectivity index (χ0v) is 12.5. The summed E-state index contributed by atoms with van der Waals surface area (Å²) in [5, 5.41) is 3.90. The standard InChI is InChI=1S/C16H18N2OS/c1-18(12-13-7-4-3-5-8-13)16(20)17-14-9-6-10-15(11-14)19-2/h3-11H,12H2,1-2H3,(H,17,20). The normalized spacial score (nSPS) is 9.90. The molecule has 0 radical (unpaired) electrons. The molecule has 2 aromatic carbocycles. The maximum Gasteiger partial charge on any atom is 0.173 e. The summed E-state index contributed by atoms with van der Waals surface area (Å²) in [5.41, 5.74) is 2.15. The molecule has 20 heavy (non-hydrogen) atoms. The Hall–Kier alpha value is -2.07. The molecule has 0 bridgehead atoms. The van der Waals surface area contributed by atoms with E-state index in [9.17, 15) is 0 Å².